The number of hydrogen-bond donors (Lipinski definition) is 3. The third-order valence-corrected chi connectivity index (χ3v) is 3.00. The molecule has 8 heteroatoms. The van der Waals surface area contributed by atoms with Crippen LogP contribution < -0.4 is 16.0 Å². The summed E-state index contributed by atoms with van der Waals surface area (Å²) in [6.45, 7) is 3.84. The van der Waals surface area contributed by atoms with Gasteiger partial charge in [-0.25, -0.2) is 9.59 Å². The van der Waals surface area contributed by atoms with E-state index in [4.69, 9.17) is 14.2 Å². The van der Waals surface area contributed by atoms with Gasteiger partial charge in [-0.15, -0.1) is 0 Å². The quantitative estimate of drug-likeness (QED) is 0.546. The zero-order chi connectivity index (χ0) is 16.7. The number of hydrogen-bond acceptors (Lipinski definition) is 8. The molecule has 124 valence electrons. The summed E-state index contributed by atoms with van der Waals surface area (Å²) in [4.78, 5) is 24.4. The molecule has 0 aromatic rings. The lowest BCUT2D eigenvalue weighted by molar-refractivity contribution is -0.140. The molecule has 0 unspecified atom stereocenters. The van der Waals surface area contributed by atoms with Crippen LogP contribution in [-0.2, 0) is 23.8 Å². The molecule has 0 atom stereocenters. The minimum atomic E-state index is -0.711. The van der Waals surface area contributed by atoms with Gasteiger partial charge in [-0.3, -0.25) is 0 Å². The highest BCUT2D eigenvalue weighted by Gasteiger charge is 2.39. The van der Waals surface area contributed by atoms with Gasteiger partial charge in [0.25, 0.3) is 0 Å². The second-order valence-electron chi connectivity index (χ2n) is 4.25. The molecule has 0 bridgehead atoms. The Bertz CT molecular complexity index is 457. The maximum absolute atomic E-state index is 12.2. The van der Waals surface area contributed by atoms with Crippen molar-refractivity contribution in [1.82, 2.24) is 16.0 Å². The summed E-state index contributed by atoms with van der Waals surface area (Å²) < 4.78 is 15.7. The molecular weight excluding hydrogens is 290 g/mol. The van der Waals surface area contributed by atoms with Crippen LogP contribution >= 0.6 is 0 Å². The molecule has 1 aliphatic rings. The number of esters is 2. The topological polar surface area (TPSA) is 97.9 Å². The molecule has 0 aliphatic carbocycles. The predicted molar refractivity (Wildman–Crippen MR) is 79.4 cm³/mol. The molecule has 3 N–H and O–H groups in total. The number of nitrogens with one attached hydrogen (secondary N) is 3. The fraction of sp³-hybridized carbons (Fsp3) is 0.571. The minimum absolute atomic E-state index is 0.189. The first-order chi connectivity index (χ1) is 10.5. The molecule has 1 heterocycles. The van der Waals surface area contributed by atoms with E-state index in [1.54, 1.807) is 35.0 Å². The standard InChI is InChI=1S/C14H23N3O5/c1-6-20-13(18)8-10(15-3)9(14(19)21-7-2)12(17-5)22-11(8)16-4/h10,15-17H,6-7H2,1-5H3. The summed E-state index contributed by atoms with van der Waals surface area (Å²) in [6, 6.07) is -0.711. The Morgan fingerprint density at radius 1 is 0.955 bits per heavy atom. The van der Waals surface area contributed by atoms with Crippen molar-refractivity contribution in [2.45, 2.75) is 19.9 Å². The third kappa shape index (κ3) is 3.51. The number of likely N-dealkylation sites (N-methyl/N-ethyl adjacent to an activating group) is 1. The summed E-state index contributed by atoms with van der Waals surface area (Å²) >= 11 is 0. The molecule has 0 saturated carbocycles. The normalized spacial score (nSPS) is 15.3. The Morgan fingerprint density at radius 2 is 1.36 bits per heavy atom. The second-order valence-corrected chi connectivity index (χ2v) is 4.25. The van der Waals surface area contributed by atoms with E-state index in [-0.39, 0.29) is 36.1 Å². The van der Waals surface area contributed by atoms with E-state index in [1.165, 1.54) is 0 Å². The number of rotatable bonds is 7. The Balaban J connectivity index is 3.34. The van der Waals surface area contributed by atoms with Crippen LogP contribution in [0.3, 0.4) is 0 Å². The highest BCUT2D eigenvalue weighted by molar-refractivity contribution is 5.98. The van der Waals surface area contributed by atoms with Crippen LogP contribution in [0.4, 0.5) is 0 Å². The van der Waals surface area contributed by atoms with Crippen molar-refractivity contribution < 1.29 is 23.8 Å². The SMILES string of the molecule is CCOC(=O)C1=C(NC)OC(NC)=C(C(=O)OCC)C1NC. The van der Waals surface area contributed by atoms with Crippen LogP contribution in [0.1, 0.15) is 13.8 Å². The van der Waals surface area contributed by atoms with E-state index in [1.807, 2.05) is 0 Å². The fourth-order valence-electron chi connectivity index (χ4n) is 2.12. The van der Waals surface area contributed by atoms with Crippen LogP contribution in [0.15, 0.2) is 22.9 Å². The first kappa shape index (κ1) is 17.8. The molecule has 8 nitrogen and oxygen atoms in total. The molecule has 0 fully saturated rings. The van der Waals surface area contributed by atoms with Crippen LogP contribution in [0.2, 0.25) is 0 Å². The Hall–Kier alpha value is -2.22. The molecule has 1 rings (SSSR count). The second kappa shape index (κ2) is 8.28. The maximum atomic E-state index is 12.2. The van der Waals surface area contributed by atoms with Crippen LogP contribution in [-0.4, -0.2) is 52.3 Å². The third-order valence-electron chi connectivity index (χ3n) is 3.00. The predicted octanol–water partition coefficient (Wildman–Crippen LogP) is -0.407. The molecule has 0 aromatic carbocycles. The van der Waals surface area contributed by atoms with Crippen LogP contribution in [0.5, 0.6) is 0 Å². The first-order valence-corrected chi connectivity index (χ1v) is 7.08. The van der Waals surface area contributed by atoms with Crippen molar-refractivity contribution in [3.63, 3.8) is 0 Å². The molecule has 0 amide bonds. The van der Waals surface area contributed by atoms with Gasteiger partial charge in [0.1, 0.15) is 11.1 Å². The van der Waals surface area contributed by atoms with Crippen molar-refractivity contribution in [3.05, 3.63) is 22.9 Å². The van der Waals surface area contributed by atoms with Crippen molar-refractivity contribution in [3.8, 4) is 0 Å². The number of carbonyl (C=O) groups excluding carboxylic acids is 2. The lowest BCUT2D eigenvalue weighted by atomic mass is 9.97. The summed E-state index contributed by atoms with van der Waals surface area (Å²) in [5.41, 5.74) is 0.378. The highest BCUT2D eigenvalue weighted by Crippen LogP contribution is 2.27. The Labute approximate surface area is 129 Å². The van der Waals surface area contributed by atoms with Gasteiger partial charge in [0, 0.05) is 14.1 Å². The molecule has 1 aliphatic heterocycles. The average Bonchev–Trinajstić information content (AvgIpc) is 2.52. The molecular formula is C14H23N3O5. The minimum Gasteiger partial charge on any atom is -0.462 e. The molecule has 0 saturated heterocycles. The summed E-state index contributed by atoms with van der Waals surface area (Å²) in [7, 11) is 4.86. The van der Waals surface area contributed by atoms with Gasteiger partial charge in [0.2, 0.25) is 11.8 Å². The largest absolute Gasteiger partial charge is 0.462 e. The van der Waals surface area contributed by atoms with Crippen LogP contribution in [0.25, 0.3) is 0 Å². The zero-order valence-corrected chi connectivity index (χ0v) is 13.5. The smallest absolute Gasteiger partial charge is 0.341 e. The summed E-state index contributed by atoms with van der Waals surface area (Å²) in [5, 5.41) is 8.54. The molecule has 0 radical (unpaired) electrons. The van der Waals surface area contributed by atoms with Gasteiger partial charge in [0.15, 0.2) is 0 Å². The van der Waals surface area contributed by atoms with Crippen LogP contribution in [0, 0.1) is 0 Å². The van der Waals surface area contributed by atoms with Crippen molar-refractivity contribution >= 4 is 11.9 Å². The molecule has 0 spiro atoms. The van der Waals surface area contributed by atoms with Gasteiger partial charge < -0.3 is 30.2 Å². The lowest BCUT2D eigenvalue weighted by Crippen LogP contribution is -2.44. The van der Waals surface area contributed by atoms with Crippen molar-refractivity contribution in [2.75, 3.05) is 34.4 Å². The van der Waals surface area contributed by atoms with E-state index in [0.717, 1.165) is 0 Å². The van der Waals surface area contributed by atoms with Gasteiger partial charge in [0.05, 0.1) is 19.3 Å². The van der Waals surface area contributed by atoms with Crippen molar-refractivity contribution in [1.29, 1.82) is 0 Å². The van der Waals surface area contributed by atoms with E-state index in [2.05, 4.69) is 16.0 Å². The zero-order valence-electron chi connectivity index (χ0n) is 13.5. The molecule has 22 heavy (non-hydrogen) atoms. The van der Waals surface area contributed by atoms with Gasteiger partial charge >= 0.3 is 11.9 Å². The van der Waals surface area contributed by atoms with E-state index in [9.17, 15) is 9.59 Å². The van der Waals surface area contributed by atoms with E-state index < -0.39 is 18.0 Å². The van der Waals surface area contributed by atoms with Gasteiger partial charge in [-0.05, 0) is 20.9 Å². The van der Waals surface area contributed by atoms with E-state index >= 15 is 0 Å². The molecule has 0 aromatic heterocycles. The van der Waals surface area contributed by atoms with Gasteiger partial charge in [-0.2, -0.15) is 0 Å². The van der Waals surface area contributed by atoms with Crippen molar-refractivity contribution in [2.24, 2.45) is 0 Å². The Morgan fingerprint density at radius 3 is 1.64 bits per heavy atom. The lowest BCUT2D eigenvalue weighted by Gasteiger charge is -2.29. The first-order valence-electron chi connectivity index (χ1n) is 7.08. The fourth-order valence-corrected chi connectivity index (χ4v) is 2.12. The monoisotopic (exact) mass is 313 g/mol. The average molecular weight is 313 g/mol. The summed E-state index contributed by atoms with van der Waals surface area (Å²) in [6.07, 6.45) is 0. The number of ether oxygens (including phenoxy) is 3. The number of carbonyl (C=O) groups is 2. The van der Waals surface area contributed by atoms with E-state index in [0.29, 0.717) is 0 Å². The summed E-state index contributed by atoms with van der Waals surface area (Å²) in [5.74, 6) is -0.697. The Kier molecular flexibility index (Phi) is 6.71. The maximum Gasteiger partial charge on any atom is 0.341 e. The highest BCUT2D eigenvalue weighted by atomic mass is 16.5. The van der Waals surface area contributed by atoms with Gasteiger partial charge in [-0.1, -0.05) is 0 Å².